The van der Waals surface area contributed by atoms with Gasteiger partial charge in [-0.05, 0) is 31.0 Å². The predicted molar refractivity (Wildman–Crippen MR) is 86.9 cm³/mol. The Morgan fingerprint density at radius 1 is 1.30 bits per heavy atom. The Morgan fingerprint density at radius 3 is 2.55 bits per heavy atom. The molecule has 110 valence electrons. The third-order valence-corrected chi connectivity index (χ3v) is 4.23. The molecule has 0 aromatic heterocycles. The van der Waals surface area contributed by atoms with Crippen molar-refractivity contribution >= 4 is 33.2 Å². The molecule has 2 rings (SSSR count). The number of benzene rings is 1. The number of carbonyl (C=O) groups is 1. The largest absolute Gasteiger partial charge is 0.397 e. The monoisotopic (exact) mass is 339 g/mol. The van der Waals surface area contributed by atoms with Gasteiger partial charge in [0.1, 0.15) is 0 Å². The molecule has 0 aliphatic carbocycles. The molecular formula is C15H22BrN3O. The predicted octanol–water partition coefficient (Wildman–Crippen LogP) is 2.87. The van der Waals surface area contributed by atoms with Gasteiger partial charge in [-0.2, -0.15) is 0 Å². The minimum Gasteiger partial charge on any atom is -0.397 e. The molecule has 0 unspecified atom stereocenters. The van der Waals surface area contributed by atoms with Crippen LogP contribution in [0.1, 0.15) is 25.7 Å². The highest BCUT2D eigenvalue weighted by molar-refractivity contribution is 9.10. The van der Waals surface area contributed by atoms with E-state index in [2.05, 4.69) is 15.9 Å². The highest BCUT2D eigenvalue weighted by atomic mass is 79.9. The average Bonchev–Trinajstić information content (AvgIpc) is 2.67. The van der Waals surface area contributed by atoms with Crippen molar-refractivity contribution < 1.29 is 4.79 Å². The van der Waals surface area contributed by atoms with Crippen molar-refractivity contribution in [3.63, 3.8) is 0 Å². The SMILES string of the molecule is CN(CC(=O)N1CCCCCC1)c1ccc(Br)cc1N. The van der Waals surface area contributed by atoms with E-state index in [1.165, 1.54) is 12.8 Å². The molecule has 0 spiro atoms. The second-order valence-electron chi connectivity index (χ2n) is 5.35. The van der Waals surface area contributed by atoms with Crippen molar-refractivity contribution in [2.75, 3.05) is 37.3 Å². The normalized spacial score (nSPS) is 15.8. The van der Waals surface area contributed by atoms with Crippen LogP contribution in [0, 0.1) is 0 Å². The van der Waals surface area contributed by atoms with Crippen LogP contribution in [0.3, 0.4) is 0 Å². The molecule has 1 aromatic carbocycles. The van der Waals surface area contributed by atoms with Crippen molar-refractivity contribution in [2.24, 2.45) is 0 Å². The van der Waals surface area contributed by atoms with E-state index in [4.69, 9.17) is 5.73 Å². The maximum Gasteiger partial charge on any atom is 0.242 e. The summed E-state index contributed by atoms with van der Waals surface area (Å²) < 4.78 is 0.950. The first-order chi connectivity index (χ1) is 9.58. The fourth-order valence-corrected chi connectivity index (χ4v) is 2.96. The van der Waals surface area contributed by atoms with Crippen LogP contribution in [0.25, 0.3) is 0 Å². The van der Waals surface area contributed by atoms with Crippen LogP contribution in [0.2, 0.25) is 0 Å². The molecule has 20 heavy (non-hydrogen) atoms. The minimum absolute atomic E-state index is 0.191. The summed E-state index contributed by atoms with van der Waals surface area (Å²) in [6.45, 7) is 2.16. The van der Waals surface area contributed by atoms with E-state index < -0.39 is 0 Å². The number of likely N-dealkylation sites (N-methyl/N-ethyl adjacent to an activating group) is 1. The third-order valence-electron chi connectivity index (χ3n) is 3.73. The van der Waals surface area contributed by atoms with E-state index in [1.807, 2.05) is 35.0 Å². The Labute approximate surface area is 129 Å². The molecule has 0 atom stereocenters. The van der Waals surface area contributed by atoms with Gasteiger partial charge in [-0.1, -0.05) is 28.8 Å². The second-order valence-corrected chi connectivity index (χ2v) is 6.27. The quantitative estimate of drug-likeness (QED) is 0.861. The highest BCUT2D eigenvalue weighted by Crippen LogP contribution is 2.25. The molecular weight excluding hydrogens is 318 g/mol. The second kappa shape index (κ2) is 6.97. The summed E-state index contributed by atoms with van der Waals surface area (Å²) in [5.41, 5.74) is 7.59. The van der Waals surface area contributed by atoms with E-state index >= 15 is 0 Å². The van der Waals surface area contributed by atoms with Gasteiger partial charge in [-0.25, -0.2) is 0 Å². The van der Waals surface area contributed by atoms with E-state index in [-0.39, 0.29) is 5.91 Å². The molecule has 0 bridgehead atoms. The molecule has 1 aliphatic heterocycles. The number of amides is 1. The smallest absolute Gasteiger partial charge is 0.242 e. The van der Waals surface area contributed by atoms with E-state index in [1.54, 1.807) is 0 Å². The van der Waals surface area contributed by atoms with Crippen LogP contribution in [-0.2, 0) is 4.79 Å². The summed E-state index contributed by atoms with van der Waals surface area (Å²) in [4.78, 5) is 16.3. The summed E-state index contributed by atoms with van der Waals surface area (Å²) in [6, 6.07) is 5.75. The number of rotatable bonds is 3. The number of hydrogen-bond acceptors (Lipinski definition) is 3. The van der Waals surface area contributed by atoms with Crippen LogP contribution >= 0.6 is 15.9 Å². The zero-order chi connectivity index (χ0) is 14.5. The first-order valence-corrected chi connectivity index (χ1v) is 7.91. The lowest BCUT2D eigenvalue weighted by atomic mass is 10.2. The summed E-state index contributed by atoms with van der Waals surface area (Å²) in [5, 5.41) is 0. The summed E-state index contributed by atoms with van der Waals surface area (Å²) in [6.07, 6.45) is 4.71. The van der Waals surface area contributed by atoms with E-state index in [0.29, 0.717) is 12.2 Å². The van der Waals surface area contributed by atoms with Gasteiger partial charge < -0.3 is 15.5 Å². The molecule has 0 radical (unpaired) electrons. The lowest BCUT2D eigenvalue weighted by Gasteiger charge is -2.26. The van der Waals surface area contributed by atoms with Gasteiger partial charge in [-0.3, -0.25) is 4.79 Å². The van der Waals surface area contributed by atoms with E-state index in [0.717, 1.165) is 36.1 Å². The number of halogens is 1. The summed E-state index contributed by atoms with van der Waals surface area (Å²) in [5.74, 6) is 0.191. The topological polar surface area (TPSA) is 49.6 Å². The Kier molecular flexibility index (Phi) is 5.29. The zero-order valence-electron chi connectivity index (χ0n) is 11.9. The number of nitrogens with two attached hydrogens (primary N) is 1. The first-order valence-electron chi connectivity index (χ1n) is 7.12. The molecule has 1 aliphatic rings. The van der Waals surface area contributed by atoms with Crippen LogP contribution in [0.15, 0.2) is 22.7 Å². The molecule has 1 aromatic rings. The van der Waals surface area contributed by atoms with Crippen molar-refractivity contribution in [1.29, 1.82) is 0 Å². The molecule has 1 fully saturated rings. The summed E-state index contributed by atoms with van der Waals surface area (Å²) >= 11 is 3.39. The van der Waals surface area contributed by atoms with Crippen molar-refractivity contribution in [1.82, 2.24) is 4.90 Å². The number of hydrogen-bond donors (Lipinski definition) is 1. The van der Waals surface area contributed by atoms with E-state index in [9.17, 15) is 4.79 Å². The number of nitrogen functional groups attached to an aromatic ring is 1. The molecule has 0 saturated carbocycles. The van der Waals surface area contributed by atoms with Gasteiger partial charge in [0.25, 0.3) is 0 Å². The van der Waals surface area contributed by atoms with Crippen LogP contribution in [0.5, 0.6) is 0 Å². The van der Waals surface area contributed by atoms with Crippen LogP contribution in [-0.4, -0.2) is 37.5 Å². The van der Waals surface area contributed by atoms with Crippen LogP contribution < -0.4 is 10.6 Å². The first kappa shape index (κ1) is 15.2. The zero-order valence-corrected chi connectivity index (χ0v) is 13.5. The molecule has 1 heterocycles. The Morgan fingerprint density at radius 2 is 1.95 bits per heavy atom. The minimum atomic E-state index is 0.191. The summed E-state index contributed by atoms with van der Waals surface area (Å²) in [7, 11) is 1.91. The molecule has 5 heteroatoms. The lowest BCUT2D eigenvalue weighted by Crippen LogP contribution is -2.39. The molecule has 1 amide bonds. The van der Waals surface area contributed by atoms with Gasteiger partial charge in [0, 0.05) is 24.6 Å². The van der Waals surface area contributed by atoms with Crippen molar-refractivity contribution in [3.05, 3.63) is 22.7 Å². The van der Waals surface area contributed by atoms with Gasteiger partial charge in [0.15, 0.2) is 0 Å². The number of nitrogens with zero attached hydrogens (tertiary/aromatic N) is 2. The fourth-order valence-electron chi connectivity index (χ4n) is 2.58. The van der Waals surface area contributed by atoms with Crippen molar-refractivity contribution in [2.45, 2.75) is 25.7 Å². The standard InChI is InChI=1S/C15H22BrN3O/c1-18(14-7-6-12(16)10-13(14)17)11-15(20)19-8-4-2-3-5-9-19/h6-7,10H,2-5,8-9,11,17H2,1H3. The van der Waals surface area contributed by atoms with Crippen molar-refractivity contribution in [3.8, 4) is 0 Å². The third kappa shape index (κ3) is 3.88. The molecule has 4 nitrogen and oxygen atoms in total. The van der Waals surface area contributed by atoms with Gasteiger partial charge in [-0.15, -0.1) is 0 Å². The highest BCUT2D eigenvalue weighted by Gasteiger charge is 2.18. The average molecular weight is 340 g/mol. The lowest BCUT2D eigenvalue weighted by molar-refractivity contribution is -0.129. The maximum atomic E-state index is 12.3. The Hall–Kier alpha value is -1.23. The molecule has 2 N–H and O–H groups in total. The van der Waals surface area contributed by atoms with Crippen LogP contribution in [0.4, 0.5) is 11.4 Å². The number of likely N-dealkylation sites (tertiary alicyclic amines) is 1. The Bertz CT molecular complexity index is 470. The maximum absolute atomic E-state index is 12.3. The number of carbonyl (C=O) groups excluding carboxylic acids is 1. The van der Waals surface area contributed by atoms with Gasteiger partial charge >= 0.3 is 0 Å². The number of anilines is 2. The van der Waals surface area contributed by atoms with Gasteiger partial charge in [0.05, 0.1) is 17.9 Å². The fraction of sp³-hybridized carbons (Fsp3) is 0.533. The van der Waals surface area contributed by atoms with Gasteiger partial charge in [0.2, 0.25) is 5.91 Å². The Balaban J connectivity index is 1.99. The molecule has 1 saturated heterocycles.